The minimum atomic E-state index is -0.947. The van der Waals surface area contributed by atoms with Gasteiger partial charge < -0.3 is 4.43 Å². The van der Waals surface area contributed by atoms with E-state index in [-0.39, 0.29) is 0 Å². The molecule has 0 saturated heterocycles. The van der Waals surface area contributed by atoms with Crippen LogP contribution in [0.1, 0.15) is 16.7 Å². The molecule has 0 fully saturated rings. The third kappa shape index (κ3) is 3.63. The summed E-state index contributed by atoms with van der Waals surface area (Å²) in [5, 5.41) is 1.30. The van der Waals surface area contributed by atoms with Gasteiger partial charge in [0.05, 0.1) is 0 Å². The maximum Gasteiger partial charge on any atom is 0.194 e. The SMILES string of the molecule is c1ccc([SiH2]OC(c2ccccc2)(c2ccccc2)c2ccccc2)cc1. The summed E-state index contributed by atoms with van der Waals surface area (Å²) in [5.74, 6) is 0. The van der Waals surface area contributed by atoms with Gasteiger partial charge in [0.25, 0.3) is 0 Å². The van der Waals surface area contributed by atoms with Gasteiger partial charge in [-0.05, 0) is 21.9 Å². The standard InChI is InChI=1S/C25H22OSi/c1-5-13-21(14-6-1)25(22-15-7-2-8-16-22,23-17-9-3-10-18-23)26-27-24-19-11-4-12-20-24/h1-20H,27H2. The lowest BCUT2D eigenvalue weighted by molar-refractivity contribution is 0.168. The molecule has 4 aromatic carbocycles. The van der Waals surface area contributed by atoms with Gasteiger partial charge in [-0.1, -0.05) is 121 Å². The van der Waals surface area contributed by atoms with E-state index >= 15 is 0 Å². The molecule has 0 unspecified atom stereocenters. The Bertz CT molecular complexity index is 857. The third-order valence-electron chi connectivity index (χ3n) is 4.84. The first-order chi connectivity index (χ1) is 13.4. The van der Waals surface area contributed by atoms with E-state index in [1.807, 2.05) is 0 Å². The predicted octanol–water partition coefficient (Wildman–Crippen LogP) is 4.40. The van der Waals surface area contributed by atoms with Gasteiger partial charge in [-0.3, -0.25) is 0 Å². The van der Waals surface area contributed by atoms with Crippen LogP contribution in [0.25, 0.3) is 0 Å². The van der Waals surface area contributed by atoms with Crippen LogP contribution in [0.5, 0.6) is 0 Å². The van der Waals surface area contributed by atoms with Gasteiger partial charge in [0, 0.05) is 0 Å². The zero-order valence-electron chi connectivity index (χ0n) is 15.2. The molecule has 4 rings (SSSR count). The van der Waals surface area contributed by atoms with Gasteiger partial charge in [0.1, 0.15) is 5.60 Å². The molecular weight excluding hydrogens is 344 g/mol. The monoisotopic (exact) mass is 366 g/mol. The van der Waals surface area contributed by atoms with Gasteiger partial charge in [-0.25, -0.2) is 0 Å². The van der Waals surface area contributed by atoms with Crippen LogP contribution in [-0.4, -0.2) is 9.76 Å². The molecule has 0 radical (unpaired) electrons. The fourth-order valence-corrected chi connectivity index (χ4v) is 4.88. The van der Waals surface area contributed by atoms with Crippen molar-refractivity contribution in [2.24, 2.45) is 0 Å². The maximum absolute atomic E-state index is 6.91. The van der Waals surface area contributed by atoms with Crippen LogP contribution in [0.15, 0.2) is 121 Å². The summed E-state index contributed by atoms with van der Waals surface area (Å²) in [5.41, 5.74) is 2.87. The van der Waals surface area contributed by atoms with E-state index in [1.54, 1.807) is 0 Å². The highest BCUT2D eigenvalue weighted by molar-refractivity contribution is 6.47. The van der Waals surface area contributed by atoms with Crippen LogP contribution in [0.3, 0.4) is 0 Å². The molecule has 0 heterocycles. The van der Waals surface area contributed by atoms with Crippen molar-refractivity contribution in [3.8, 4) is 0 Å². The van der Waals surface area contributed by atoms with Crippen LogP contribution in [0.4, 0.5) is 0 Å². The zero-order valence-corrected chi connectivity index (χ0v) is 16.6. The Morgan fingerprint density at radius 3 is 1.15 bits per heavy atom. The fraction of sp³-hybridized carbons (Fsp3) is 0.0400. The van der Waals surface area contributed by atoms with Crippen molar-refractivity contribution in [3.63, 3.8) is 0 Å². The smallest absolute Gasteiger partial charge is 0.194 e. The molecule has 0 aliphatic heterocycles. The summed E-state index contributed by atoms with van der Waals surface area (Å²) in [6, 6.07) is 42.2. The van der Waals surface area contributed by atoms with Crippen molar-refractivity contribution < 1.29 is 4.43 Å². The van der Waals surface area contributed by atoms with Crippen LogP contribution in [0.2, 0.25) is 0 Å². The second-order valence-corrected chi connectivity index (χ2v) is 7.95. The Morgan fingerprint density at radius 2 is 0.778 bits per heavy atom. The van der Waals surface area contributed by atoms with E-state index in [1.165, 1.54) is 5.19 Å². The number of hydrogen-bond acceptors (Lipinski definition) is 1. The molecule has 0 N–H and O–H groups in total. The van der Waals surface area contributed by atoms with Crippen molar-refractivity contribution in [1.29, 1.82) is 0 Å². The molecule has 0 atom stereocenters. The summed E-state index contributed by atoms with van der Waals surface area (Å²) < 4.78 is 6.91. The predicted molar refractivity (Wildman–Crippen MR) is 115 cm³/mol. The summed E-state index contributed by atoms with van der Waals surface area (Å²) >= 11 is 0. The molecule has 0 spiro atoms. The minimum absolute atomic E-state index is 0.605. The molecule has 1 nitrogen and oxygen atoms in total. The van der Waals surface area contributed by atoms with E-state index in [2.05, 4.69) is 121 Å². The highest BCUT2D eigenvalue weighted by Crippen LogP contribution is 2.39. The van der Waals surface area contributed by atoms with E-state index < -0.39 is 15.4 Å². The topological polar surface area (TPSA) is 9.23 Å². The molecule has 27 heavy (non-hydrogen) atoms. The van der Waals surface area contributed by atoms with Crippen molar-refractivity contribution in [1.82, 2.24) is 0 Å². The van der Waals surface area contributed by atoms with Crippen molar-refractivity contribution in [2.75, 3.05) is 0 Å². The number of hydrogen-bond donors (Lipinski definition) is 0. The Kier molecular flexibility index (Phi) is 5.29. The van der Waals surface area contributed by atoms with Crippen LogP contribution < -0.4 is 5.19 Å². The van der Waals surface area contributed by atoms with E-state index in [4.69, 9.17) is 4.43 Å². The molecule has 0 bridgehead atoms. The fourth-order valence-electron chi connectivity index (χ4n) is 3.53. The molecular formula is C25H22OSi. The van der Waals surface area contributed by atoms with Crippen LogP contribution in [-0.2, 0) is 10.0 Å². The first kappa shape index (κ1) is 17.5. The first-order valence-electron chi connectivity index (χ1n) is 9.24. The Hall–Kier alpha value is -2.94. The average Bonchev–Trinajstić information content (AvgIpc) is 2.77. The normalized spacial score (nSPS) is 11.7. The molecule has 132 valence electrons. The van der Waals surface area contributed by atoms with Crippen molar-refractivity contribution in [2.45, 2.75) is 5.60 Å². The van der Waals surface area contributed by atoms with Crippen molar-refractivity contribution in [3.05, 3.63) is 138 Å². The number of rotatable bonds is 6. The van der Waals surface area contributed by atoms with E-state index in [9.17, 15) is 0 Å². The summed E-state index contributed by atoms with van der Waals surface area (Å²) in [4.78, 5) is 0. The lowest BCUT2D eigenvalue weighted by Crippen LogP contribution is -2.37. The van der Waals surface area contributed by atoms with Gasteiger partial charge in [0.2, 0.25) is 0 Å². The molecule has 0 aliphatic rings. The summed E-state index contributed by atoms with van der Waals surface area (Å²) in [6.45, 7) is 0. The molecule has 0 saturated carbocycles. The molecule has 0 aliphatic carbocycles. The maximum atomic E-state index is 6.91. The molecule has 4 aromatic rings. The Balaban J connectivity index is 1.89. The zero-order chi connectivity index (χ0) is 18.4. The lowest BCUT2D eigenvalue weighted by atomic mass is 9.80. The number of benzene rings is 4. The second kappa shape index (κ2) is 8.17. The van der Waals surface area contributed by atoms with Gasteiger partial charge in [0.15, 0.2) is 9.76 Å². The van der Waals surface area contributed by atoms with Crippen molar-refractivity contribution >= 4 is 14.9 Å². The molecule has 0 aromatic heterocycles. The largest absolute Gasteiger partial charge is 0.401 e. The molecule has 2 heteroatoms. The highest BCUT2D eigenvalue weighted by Gasteiger charge is 2.36. The summed E-state index contributed by atoms with van der Waals surface area (Å²) in [6.07, 6.45) is 0. The summed E-state index contributed by atoms with van der Waals surface area (Å²) in [7, 11) is -0.947. The van der Waals surface area contributed by atoms with Gasteiger partial charge in [-0.15, -0.1) is 0 Å². The molecule has 0 amide bonds. The van der Waals surface area contributed by atoms with Crippen LogP contribution >= 0.6 is 0 Å². The quantitative estimate of drug-likeness (QED) is 0.363. The van der Waals surface area contributed by atoms with Crippen LogP contribution in [0, 0.1) is 0 Å². The van der Waals surface area contributed by atoms with E-state index in [0.29, 0.717) is 0 Å². The lowest BCUT2D eigenvalue weighted by Gasteiger charge is -2.36. The average molecular weight is 367 g/mol. The van der Waals surface area contributed by atoms with Gasteiger partial charge in [-0.2, -0.15) is 0 Å². The third-order valence-corrected chi connectivity index (χ3v) is 6.22. The highest BCUT2D eigenvalue weighted by atomic mass is 28.2. The Labute approximate surface area is 163 Å². The van der Waals surface area contributed by atoms with E-state index in [0.717, 1.165) is 16.7 Å². The Morgan fingerprint density at radius 1 is 0.444 bits per heavy atom. The second-order valence-electron chi connectivity index (χ2n) is 6.55. The van der Waals surface area contributed by atoms with Gasteiger partial charge >= 0.3 is 0 Å². The minimum Gasteiger partial charge on any atom is -0.401 e. The first-order valence-corrected chi connectivity index (χ1v) is 10.5.